The number of ether oxygens (including phenoxy) is 1. The molecule has 0 saturated carbocycles. The highest BCUT2D eigenvalue weighted by molar-refractivity contribution is 7.47. The van der Waals surface area contributed by atoms with Crippen molar-refractivity contribution in [2.24, 2.45) is 0 Å². The summed E-state index contributed by atoms with van der Waals surface area (Å²) >= 11 is 0. The van der Waals surface area contributed by atoms with Gasteiger partial charge < -0.3 is 19.4 Å². The number of unbranched alkanes of at least 4 members (excludes halogenated alkanes) is 27. The van der Waals surface area contributed by atoms with Gasteiger partial charge in [0.05, 0.1) is 33.8 Å². The fraction of sp³-hybridized carbons (Fsp3) is 0.681. The number of amides is 1. The zero-order valence-corrected chi connectivity index (χ0v) is 52.5. The van der Waals surface area contributed by atoms with Crippen LogP contribution in [0.2, 0.25) is 0 Å². The summed E-state index contributed by atoms with van der Waals surface area (Å²) in [5, 5.41) is 3.05. The van der Waals surface area contributed by atoms with E-state index in [1.54, 1.807) is 0 Å². The molecular weight excluding hydrogens is 1000 g/mol. The molecule has 0 saturated heterocycles. The van der Waals surface area contributed by atoms with Gasteiger partial charge in [-0.2, -0.15) is 0 Å². The van der Waals surface area contributed by atoms with Crippen molar-refractivity contribution >= 4 is 19.7 Å². The van der Waals surface area contributed by atoms with Gasteiger partial charge in [0.2, 0.25) is 5.91 Å². The number of carbonyl (C=O) groups excluding carboxylic acids is 2. The van der Waals surface area contributed by atoms with Crippen molar-refractivity contribution in [3.63, 3.8) is 0 Å². The second-order valence-electron chi connectivity index (χ2n) is 22.4. The van der Waals surface area contributed by atoms with E-state index in [0.29, 0.717) is 23.9 Å². The molecule has 3 unspecified atom stereocenters. The Labute approximate surface area is 486 Å². The van der Waals surface area contributed by atoms with Gasteiger partial charge in [-0.15, -0.1) is 0 Å². The van der Waals surface area contributed by atoms with Crippen LogP contribution in [0, 0.1) is 0 Å². The van der Waals surface area contributed by atoms with Gasteiger partial charge in [-0.05, 0) is 89.5 Å². The van der Waals surface area contributed by atoms with Crippen molar-refractivity contribution in [1.29, 1.82) is 0 Å². The fourth-order valence-corrected chi connectivity index (χ4v) is 9.36. The molecule has 0 heterocycles. The predicted molar refractivity (Wildman–Crippen MR) is 341 cm³/mol. The van der Waals surface area contributed by atoms with E-state index in [9.17, 15) is 19.0 Å². The van der Waals surface area contributed by atoms with Crippen LogP contribution in [0.4, 0.5) is 0 Å². The van der Waals surface area contributed by atoms with Crippen molar-refractivity contribution in [2.45, 2.75) is 264 Å². The number of likely N-dealkylation sites (N-methyl/N-ethyl adjacent to an activating group) is 1. The first-order valence-electron chi connectivity index (χ1n) is 31.9. The topological polar surface area (TPSA) is 111 Å². The summed E-state index contributed by atoms with van der Waals surface area (Å²) in [4.78, 5) is 37.8. The van der Waals surface area contributed by atoms with Gasteiger partial charge >= 0.3 is 13.8 Å². The Morgan fingerprint density at radius 1 is 0.468 bits per heavy atom. The summed E-state index contributed by atoms with van der Waals surface area (Å²) in [7, 11) is 1.45. The second kappa shape index (κ2) is 57.6. The van der Waals surface area contributed by atoms with Crippen molar-refractivity contribution in [1.82, 2.24) is 5.32 Å². The van der Waals surface area contributed by atoms with E-state index in [-0.39, 0.29) is 31.5 Å². The number of quaternary nitrogens is 1. The first-order chi connectivity index (χ1) is 38.4. The van der Waals surface area contributed by atoms with E-state index in [1.807, 2.05) is 94.1 Å². The monoisotopic (exact) mass is 1120 g/mol. The molecule has 452 valence electrons. The van der Waals surface area contributed by atoms with Gasteiger partial charge in [0, 0.05) is 12.8 Å². The summed E-state index contributed by atoms with van der Waals surface area (Å²) in [6.45, 7) is 6.80. The van der Waals surface area contributed by atoms with Gasteiger partial charge in [-0.3, -0.25) is 18.6 Å². The van der Waals surface area contributed by atoms with Crippen LogP contribution in [0.15, 0.2) is 122 Å². The highest BCUT2D eigenvalue weighted by atomic mass is 31.2. The average Bonchev–Trinajstić information content (AvgIpc) is 3.41. The molecule has 0 bridgehead atoms. The molecule has 0 rings (SSSR count). The molecule has 0 aliphatic heterocycles. The zero-order chi connectivity index (χ0) is 57.9. The number of allylic oxidation sites excluding steroid dienone is 19. The van der Waals surface area contributed by atoms with Crippen LogP contribution in [0.1, 0.15) is 252 Å². The highest BCUT2D eigenvalue weighted by Crippen LogP contribution is 2.43. The molecule has 9 nitrogen and oxygen atoms in total. The van der Waals surface area contributed by atoms with Crippen LogP contribution in [0.25, 0.3) is 0 Å². The Hall–Kier alpha value is -3.59. The van der Waals surface area contributed by atoms with Crippen LogP contribution in [-0.4, -0.2) is 74.3 Å². The lowest BCUT2D eigenvalue weighted by Gasteiger charge is -2.27. The summed E-state index contributed by atoms with van der Waals surface area (Å²) in [6, 6.07) is -0.878. The van der Waals surface area contributed by atoms with E-state index in [0.717, 1.165) is 89.9 Å². The quantitative estimate of drug-likeness (QED) is 0.0156. The molecule has 0 aromatic heterocycles. The Morgan fingerprint density at radius 2 is 0.861 bits per heavy atom. The smallest absolute Gasteiger partial charge is 0.456 e. The van der Waals surface area contributed by atoms with Crippen LogP contribution in [0.3, 0.4) is 0 Å². The number of phosphoric acid groups is 1. The van der Waals surface area contributed by atoms with Gasteiger partial charge in [-0.1, -0.05) is 271 Å². The number of carbonyl (C=O) groups is 2. The number of rotatable bonds is 56. The number of nitrogens with zero attached hydrogens (tertiary/aromatic N) is 1. The van der Waals surface area contributed by atoms with Crippen molar-refractivity contribution in [3.05, 3.63) is 122 Å². The average molecular weight is 1120 g/mol. The summed E-state index contributed by atoms with van der Waals surface area (Å²) < 4.78 is 30.7. The minimum atomic E-state index is -4.47. The third-order valence-corrected chi connectivity index (χ3v) is 14.5. The zero-order valence-electron chi connectivity index (χ0n) is 51.6. The summed E-state index contributed by atoms with van der Waals surface area (Å²) in [6.07, 6.45) is 80.5. The standard InChI is InChI=1S/C69H119N2O7P/c1-7-10-13-16-19-22-25-28-30-32-33-34-35-36-37-39-40-43-46-49-52-55-58-61-68(72)70-66(65-77-79(74,75)76-64-63-71(4,5)6)67(60-57-54-51-48-45-42-27-24-21-18-15-12-9-3)78-69(73)62-59-56-53-50-47-44-41-38-31-29-26-23-20-17-14-11-8-2/h11,14,17,19-20,22-23,26,28-31,33-34,38,41,44,47,57,60,66-67H,7-10,12-13,15-16,18,21,24-25,27,32,35-37,39-40,42-43,45-46,48-56,58-59,61-65H2,1-6H3,(H-,70,72,74,75)/p+1/b14-11-,20-17+,22-19-,26-23+,30-28-,31-29-,34-33-,41-38+,47-44+,60-57-. The number of phosphoric ester groups is 1. The molecule has 0 fully saturated rings. The lowest BCUT2D eigenvalue weighted by molar-refractivity contribution is -0.870. The summed E-state index contributed by atoms with van der Waals surface area (Å²) in [5.41, 5.74) is 0. The molecular formula is C69H120N2O7P+. The van der Waals surface area contributed by atoms with Crippen LogP contribution < -0.4 is 5.32 Å². The Kier molecular flexibility index (Phi) is 55.0. The molecule has 0 aliphatic rings. The van der Waals surface area contributed by atoms with E-state index in [1.165, 1.54) is 122 Å². The first-order valence-corrected chi connectivity index (χ1v) is 33.4. The maximum absolute atomic E-state index is 13.6. The van der Waals surface area contributed by atoms with Crippen LogP contribution in [0.5, 0.6) is 0 Å². The molecule has 10 heteroatoms. The van der Waals surface area contributed by atoms with E-state index in [2.05, 4.69) is 74.7 Å². The molecule has 0 spiro atoms. The fourth-order valence-electron chi connectivity index (χ4n) is 8.63. The second-order valence-corrected chi connectivity index (χ2v) is 23.8. The molecule has 79 heavy (non-hydrogen) atoms. The van der Waals surface area contributed by atoms with Gasteiger partial charge in [0.15, 0.2) is 0 Å². The Bertz CT molecular complexity index is 1770. The van der Waals surface area contributed by atoms with Gasteiger partial charge in [0.25, 0.3) is 0 Å². The molecule has 2 N–H and O–H groups in total. The number of hydrogen-bond donors (Lipinski definition) is 2. The van der Waals surface area contributed by atoms with Crippen LogP contribution >= 0.6 is 7.82 Å². The molecule has 0 radical (unpaired) electrons. The van der Waals surface area contributed by atoms with E-state index >= 15 is 0 Å². The SMILES string of the molecule is CC\C=C/C=C/C=C/C=C\C=C\C=C\CCCCCC(=O)OC(/C=C\CCCCCCCCCCCCC)C(COP(=O)(O)OCC[N+](C)(C)C)NC(=O)CCCCCCCCCCCC/C=C\C/C=C\C/C=C\CCCCC. The Balaban J connectivity index is 5.31. The first kappa shape index (κ1) is 75.4. The molecule has 3 atom stereocenters. The van der Waals surface area contributed by atoms with Gasteiger partial charge in [-0.25, -0.2) is 4.57 Å². The van der Waals surface area contributed by atoms with Crippen molar-refractivity contribution in [2.75, 3.05) is 40.9 Å². The normalized spacial score (nSPS) is 14.5. The minimum absolute atomic E-state index is 0.0253. The molecule has 0 aromatic rings. The largest absolute Gasteiger partial charge is 0.472 e. The third kappa shape index (κ3) is 58.9. The molecule has 0 aliphatic carbocycles. The maximum Gasteiger partial charge on any atom is 0.472 e. The number of nitrogens with one attached hydrogen (secondary N) is 1. The van der Waals surface area contributed by atoms with Crippen molar-refractivity contribution in [3.8, 4) is 0 Å². The van der Waals surface area contributed by atoms with E-state index in [4.69, 9.17) is 13.8 Å². The lowest BCUT2D eigenvalue weighted by atomic mass is 10.0. The van der Waals surface area contributed by atoms with Gasteiger partial charge in [0.1, 0.15) is 19.3 Å². The Morgan fingerprint density at radius 3 is 1.37 bits per heavy atom. The number of esters is 1. The third-order valence-electron chi connectivity index (χ3n) is 13.5. The van der Waals surface area contributed by atoms with E-state index < -0.39 is 20.0 Å². The lowest BCUT2D eigenvalue weighted by Crippen LogP contribution is -2.47. The highest BCUT2D eigenvalue weighted by Gasteiger charge is 2.30. The number of hydrogen-bond acceptors (Lipinski definition) is 6. The minimum Gasteiger partial charge on any atom is -0.456 e. The predicted octanol–water partition coefficient (Wildman–Crippen LogP) is 19.9. The maximum atomic E-state index is 13.6. The van der Waals surface area contributed by atoms with Crippen molar-refractivity contribution < 1.29 is 37.3 Å². The molecule has 1 amide bonds. The summed E-state index contributed by atoms with van der Waals surface area (Å²) in [5.74, 6) is -0.566. The molecule has 0 aromatic carbocycles. The van der Waals surface area contributed by atoms with Crippen LogP contribution in [-0.2, 0) is 27.9 Å².